The molecular formula is C23H20ClFN2O3. The van der Waals surface area contributed by atoms with Crippen LogP contribution in [-0.4, -0.2) is 26.4 Å². The zero-order chi connectivity index (χ0) is 22.0. The summed E-state index contributed by atoms with van der Waals surface area (Å²) in [6.45, 7) is 4.71. The number of carbonyl (C=O) groups excluding carboxylic acids is 1. The molecule has 0 spiro atoms. The number of aromatic nitrogens is 2. The monoisotopic (exact) mass is 426 g/mol. The Morgan fingerprint density at radius 1 is 1.10 bits per heavy atom. The summed E-state index contributed by atoms with van der Waals surface area (Å²) in [7, 11) is 0. The predicted octanol–water partition coefficient (Wildman–Crippen LogP) is 5.64. The zero-order valence-corrected chi connectivity index (χ0v) is 17.5. The normalized spacial score (nSPS) is 10.7. The van der Waals surface area contributed by atoms with Gasteiger partial charge in [-0.3, -0.25) is 9.78 Å². The van der Waals surface area contributed by atoms with E-state index >= 15 is 0 Å². The quantitative estimate of drug-likeness (QED) is 0.460. The molecule has 2 aromatic carbocycles. The summed E-state index contributed by atoms with van der Waals surface area (Å²) >= 11 is 6.07. The van der Waals surface area contributed by atoms with Gasteiger partial charge in [0.25, 0.3) is 0 Å². The molecule has 0 atom stereocenters. The van der Waals surface area contributed by atoms with Crippen LogP contribution in [0.2, 0.25) is 5.02 Å². The van der Waals surface area contributed by atoms with Crippen molar-refractivity contribution in [2.75, 3.05) is 0 Å². The molecule has 2 heterocycles. The Balaban J connectivity index is 0.000000589. The highest BCUT2D eigenvalue weighted by atomic mass is 35.5. The number of Topliss-reactive ketones (excluding diaryl/α,β-unsaturated/α-hetero) is 1. The topological polar surface area (TPSA) is 72.2 Å². The largest absolute Gasteiger partial charge is 0.480 e. The highest BCUT2D eigenvalue weighted by Gasteiger charge is 2.19. The standard InChI is InChI=1S/C20H14ClFN2O2.C3H6O/c1-11-20(15-6-7-23-17-8-12(21)2-4-14(15)17)16-9-13(22)3-5-18(16)24(11)10-19(25)26;1-3(2)4/h2-9H,10H2,1H3,(H,25,26);1-2H3. The molecule has 0 saturated carbocycles. The van der Waals surface area contributed by atoms with Gasteiger partial charge >= 0.3 is 5.97 Å². The Hall–Kier alpha value is -3.25. The Labute approximate surface area is 177 Å². The van der Waals surface area contributed by atoms with Gasteiger partial charge in [0.1, 0.15) is 18.1 Å². The van der Waals surface area contributed by atoms with Crippen LogP contribution in [0.25, 0.3) is 32.9 Å². The maximum absolute atomic E-state index is 13.9. The molecule has 0 bridgehead atoms. The van der Waals surface area contributed by atoms with Crippen LogP contribution in [0, 0.1) is 12.7 Å². The molecule has 0 saturated heterocycles. The summed E-state index contributed by atoms with van der Waals surface area (Å²) in [5.41, 5.74) is 3.83. The van der Waals surface area contributed by atoms with Crippen LogP contribution in [0.15, 0.2) is 48.7 Å². The van der Waals surface area contributed by atoms with Crippen molar-refractivity contribution in [2.45, 2.75) is 27.3 Å². The first-order valence-electron chi connectivity index (χ1n) is 9.21. The molecule has 1 N–H and O–H groups in total. The second kappa shape index (κ2) is 8.63. The predicted molar refractivity (Wildman–Crippen MR) is 116 cm³/mol. The lowest BCUT2D eigenvalue weighted by Gasteiger charge is -2.08. The Bertz CT molecular complexity index is 1280. The van der Waals surface area contributed by atoms with E-state index in [2.05, 4.69) is 4.98 Å². The number of carbonyl (C=O) groups is 2. The minimum Gasteiger partial charge on any atom is -0.480 e. The van der Waals surface area contributed by atoms with Crippen LogP contribution in [0.1, 0.15) is 19.5 Å². The van der Waals surface area contributed by atoms with Crippen LogP contribution in [0.4, 0.5) is 4.39 Å². The molecule has 0 aliphatic carbocycles. The van der Waals surface area contributed by atoms with Crippen LogP contribution in [0.5, 0.6) is 0 Å². The lowest BCUT2D eigenvalue weighted by Crippen LogP contribution is -2.09. The molecule has 4 rings (SSSR count). The Morgan fingerprint density at radius 3 is 2.47 bits per heavy atom. The maximum Gasteiger partial charge on any atom is 0.323 e. The molecule has 2 aromatic heterocycles. The first-order valence-corrected chi connectivity index (χ1v) is 9.58. The van der Waals surface area contributed by atoms with E-state index in [-0.39, 0.29) is 18.1 Å². The average molecular weight is 427 g/mol. The molecule has 7 heteroatoms. The van der Waals surface area contributed by atoms with E-state index < -0.39 is 5.97 Å². The van der Waals surface area contributed by atoms with Crippen molar-refractivity contribution >= 4 is 45.2 Å². The van der Waals surface area contributed by atoms with Crippen LogP contribution in [-0.2, 0) is 16.1 Å². The van der Waals surface area contributed by atoms with Crippen molar-refractivity contribution in [1.82, 2.24) is 9.55 Å². The second-order valence-electron chi connectivity index (χ2n) is 7.03. The number of halogens is 2. The fourth-order valence-corrected chi connectivity index (χ4v) is 3.64. The average Bonchev–Trinajstić information content (AvgIpc) is 2.91. The van der Waals surface area contributed by atoms with Crippen molar-refractivity contribution in [2.24, 2.45) is 0 Å². The molecule has 0 aliphatic heterocycles. The number of nitrogens with zero attached hydrogens (tertiary/aromatic N) is 2. The van der Waals surface area contributed by atoms with Crippen LogP contribution >= 0.6 is 11.6 Å². The smallest absolute Gasteiger partial charge is 0.323 e. The Morgan fingerprint density at radius 2 is 1.80 bits per heavy atom. The zero-order valence-electron chi connectivity index (χ0n) is 16.7. The van der Waals surface area contributed by atoms with E-state index in [1.807, 2.05) is 19.1 Å². The molecule has 154 valence electrons. The van der Waals surface area contributed by atoms with E-state index in [0.717, 1.165) is 27.7 Å². The minimum atomic E-state index is -0.952. The van der Waals surface area contributed by atoms with E-state index in [1.54, 1.807) is 29.0 Å². The fraction of sp³-hybridized carbons (Fsp3) is 0.174. The minimum absolute atomic E-state index is 0.167. The number of aliphatic carboxylic acids is 1. The maximum atomic E-state index is 13.9. The van der Waals surface area contributed by atoms with Gasteiger partial charge in [0.05, 0.1) is 5.52 Å². The van der Waals surface area contributed by atoms with Gasteiger partial charge in [0.15, 0.2) is 0 Å². The van der Waals surface area contributed by atoms with Crippen molar-refractivity contribution < 1.29 is 19.1 Å². The van der Waals surface area contributed by atoms with Gasteiger partial charge in [-0.05, 0) is 62.7 Å². The van der Waals surface area contributed by atoms with Gasteiger partial charge in [0.2, 0.25) is 0 Å². The molecule has 0 aliphatic rings. The molecule has 4 aromatic rings. The van der Waals surface area contributed by atoms with Gasteiger partial charge < -0.3 is 14.5 Å². The highest BCUT2D eigenvalue weighted by Crippen LogP contribution is 2.38. The lowest BCUT2D eigenvalue weighted by atomic mass is 9.98. The van der Waals surface area contributed by atoms with Gasteiger partial charge in [-0.15, -0.1) is 0 Å². The van der Waals surface area contributed by atoms with Crippen LogP contribution < -0.4 is 0 Å². The van der Waals surface area contributed by atoms with Gasteiger partial charge in [-0.1, -0.05) is 17.7 Å². The molecule has 0 radical (unpaired) electrons. The summed E-state index contributed by atoms with van der Waals surface area (Å²) in [6.07, 6.45) is 1.67. The van der Waals surface area contributed by atoms with Crippen molar-refractivity contribution in [1.29, 1.82) is 0 Å². The Kier molecular flexibility index (Phi) is 6.17. The highest BCUT2D eigenvalue weighted by molar-refractivity contribution is 6.31. The molecular weight excluding hydrogens is 407 g/mol. The number of hydrogen-bond donors (Lipinski definition) is 1. The first-order chi connectivity index (χ1) is 14.2. The molecule has 30 heavy (non-hydrogen) atoms. The summed E-state index contributed by atoms with van der Waals surface area (Å²) in [5, 5.41) is 11.4. The lowest BCUT2D eigenvalue weighted by molar-refractivity contribution is -0.137. The van der Waals surface area contributed by atoms with E-state index in [0.29, 0.717) is 15.9 Å². The van der Waals surface area contributed by atoms with E-state index in [9.17, 15) is 19.1 Å². The van der Waals surface area contributed by atoms with E-state index in [1.165, 1.54) is 26.0 Å². The van der Waals surface area contributed by atoms with Gasteiger partial charge in [-0.25, -0.2) is 4.39 Å². The number of fused-ring (bicyclic) bond motifs is 2. The fourth-order valence-electron chi connectivity index (χ4n) is 3.47. The number of pyridine rings is 1. The molecule has 0 unspecified atom stereocenters. The number of ketones is 1. The van der Waals surface area contributed by atoms with E-state index in [4.69, 9.17) is 11.6 Å². The van der Waals surface area contributed by atoms with Crippen molar-refractivity contribution in [3.63, 3.8) is 0 Å². The molecule has 0 fully saturated rings. The number of hydrogen-bond acceptors (Lipinski definition) is 3. The third-order valence-corrected chi connectivity index (χ3v) is 4.79. The molecule has 5 nitrogen and oxygen atoms in total. The first kappa shape index (κ1) is 21.5. The third kappa shape index (κ3) is 4.33. The number of rotatable bonds is 3. The second-order valence-corrected chi connectivity index (χ2v) is 7.47. The SMILES string of the molecule is CC(C)=O.Cc1c(-c2ccnc3cc(Cl)ccc23)c2cc(F)ccc2n1CC(=O)O. The summed E-state index contributed by atoms with van der Waals surface area (Å²) < 4.78 is 15.6. The van der Waals surface area contributed by atoms with Gasteiger partial charge in [0, 0.05) is 38.8 Å². The number of carboxylic acids is 1. The molecule has 0 amide bonds. The number of benzene rings is 2. The summed E-state index contributed by atoms with van der Waals surface area (Å²) in [5.74, 6) is -1.15. The summed E-state index contributed by atoms with van der Waals surface area (Å²) in [4.78, 5) is 25.1. The summed E-state index contributed by atoms with van der Waals surface area (Å²) in [6, 6.07) is 11.7. The van der Waals surface area contributed by atoms with Gasteiger partial charge in [-0.2, -0.15) is 0 Å². The van der Waals surface area contributed by atoms with Crippen molar-refractivity contribution in [3.8, 4) is 11.1 Å². The third-order valence-electron chi connectivity index (χ3n) is 4.55. The van der Waals surface area contributed by atoms with Crippen LogP contribution in [0.3, 0.4) is 0 Å². The van der Waals surface area contributed by atoms with Crippen molar-refractivity contribution in [3.05, 3.63) is 65.2 Å². The number of carboxylic acid groups (broad SMARTS) is 1.